The van der Waals surface area contributed by atoms with Crippen LogP contribution >= 0.6 is 0 Å². The first-order valence-electron chi connectivity index (χ1n) is 6.21. The SMILES string of the molecule is C(/C=C/c1ccc2c(c1)OCO2)=C\c1ccccc1. The van der Waals surface area contributed by atoms with Gasteiger partial charge in [-0.05, 0) is 23.3 Å². The van der Waals surface area contributed by atoms with Gasteiger partial charge in [0.1, 0.15) is 0 Å². The minimum atomic E-state index is 0.316. The average molecular weight is 250 g/mol. The van der Waals surface area contributed by atoms with Gasteiger partial charge in [-0.25, -0.2) is 0 Å². The molecule has 94 valence electrons. The van der Waals surface area contributed by atoms with Crippen LogP contribution in [0.1, 0.15) is 11.1 Å². The topological polar surface area (TPSA) is 18.5 Å². The molecule has 2 aromatic carbocycles. The van der Waals surface area contributed by atoms with Crippen LogP contribution in [-0.4, -0.2) is 6.79 Å². The summed E-state index contributed by atoms with van der Waals surface area (Å²) < 4.78 is 10.6. The van der Waals surface area contributed by atoms with E-state index < -0.39 is 0 Å². The minimum Gasteiger partial charge on any atom is -0.454 e. The number of fused-ring (bicyclic) bond motifs is 1. The zero-order chi connectivity index (χ0) is 12.9. The first-order valence-corrected chi connectivity index (χ1v) is 6.21. The fourth-order valence-corrected chi connectivity index (χ4v) is 1.91. The molecule has 0 fully saturated rings. The summed E-state index contributed by atoms with van der Waals surface area (Å²) in [7, 11) is 0. The van der Waals surface area contributed by atoms with Gasteiger partial charge in [0.2, 0.25) is 6.79 Å². The lowest BCUT2D eigenvalue weighted by atomic mass is 10.1. The quantitative estimate of drug-likeness (QED) is 0.762. The molecule has 1 aliphatic rings. The molecule has 0 amide bonds. The van der Waals surface area contributed by atoms with Crippen molar-refractivity contribution in [1.82, 2.24) is 0 Å². The van der Waals surface area contributed by atoms with Crippen LogP contribution in [0.4, 0.5) is 0 Å². The van der Waals surface area contributed by atoms with Crippen molar-refractivity contribution in [3.8, 4) is 11.5 Å². The Labute approximate surface area is 112 Å². The van der Waals surface area contributed by atoms with E-state index in [1.54, 1.807) is 0 Å². The number of rotatable bonds is 3. The standard InChI is InChI=1S/C17H14O2/c1-2-6-14(7-3-1)8-4-5-9-15-10-11-16-17(12-15)19-13-18-16/h1-12H,13H2/b8-4+,9-5+. The maximum atomic E-state index is 5.34. The predicted octanol–water partition coefficient (Wildman–Crippen LogP) is 4.14. The van der Waals surface area contributed by atoms with Crippen molar-refractivity contribution in [2.24, 2.45) is 0 Å². The number of hydrogen-bond donors (Lipinski definition) is 0. The van der Waals surface area contributed by atoms with E-state index >= 15 is 0 Å². The molecule has 0 aromatic heterocycles. The second-order valence-corrected chi connectivity index (χ2v) is 4.24. The Morgan fingerprint density at radius 1 is 0.737 bits per heavy atom. The minimum absolute atomic E-state index is 0.316. The summed E-state index contributed by atoms with van der Waals surface area (Å²) in [5.41, 5.74) is 2.29. The summed E-state index contributed by atoms with van der Waals surface area (Å²) in [5.74, 6) is 1.63. The van der Waals surface area contributed by atoms with Crippen molar-refractivity contribution in [1.29, 1.82) is 0 Å². The summed E-state index contributed by atoms with van der Waals surface area (Å²) >= 11 is 0. The Kier molecular flexibility index (Phi) is 3.32. The van der Waals surface area contributed by atoms with E-state index in [9.17, 15) is 0 Å². The predicted molar refractivity (Wildman–Crippen MR) is 77.1 cm³/mol. The molecule has 0 bridgehead atoms. The molecule has 0 saturated carbocycles. The highest BCUT2D eigenvalue weighted by molar-refractivity contribution is 5.60. The van der Waals surface area contributed by atoms with Crippen molar-refractivity contribution in [2.75, 3.05) is 6.79 Å². The second kappa shape index (κ2) is 5.44. The third-order valence-electron chi connectivity index (χ3n) is 2.88. The van der Waals surface area contributed by atoms with Crippen LogP contribution in [0.5, 0.6) is 11.5 Å². The molecule has 19 heavy (non-hydrogen) atoms. The summed E-state index contributed by atoms with van der Waals surface area (Å²) in [6.07, 6.45) is 8.16. The fraction of sp³-hybridized carbons (Fsp3) is 0.0588. The van der Waals surface area contributed by atoms with Gasteiger partial charge in [0.25, 0.3) is 0 Å². The van der Waals surface area contributed by atoms with Gasteiger partial charge in [0, 0.05) is 0 Å². The van der Waals surface area contributed by atoms with E-state index in [0.717, 1.165) is 17.1 Å². The number of ether oxygens (including phenoxy) is 2. The van der Waals surface area contributed by atoms with Crippen LogP contribution in [0, 0.1) is 0 Å². The van der Waals surface area contributed by atoms with Crippen LogP contribution in [0.3, 0.4) is 0 Å². The normalized spacial score (nSPS) is 13.5. The van der Waals surface area contributed by atoms with E-state index in [-0.39, 0.29) is 0 Å². The fourth-order valence-electron chi connectivity index (χ4n) is 1.91. The van der Waals surface area contributed by atoms with E-state index in [0.29, 0.717) is 6.79 Å². The lowest BCUT2D eigenvalue weighted by Crippen LogP contribution is -1.92. The van der Waals surface area contributed by atoms with E-state index in [2.05, 4.69) is 18.2 Å². The molecule has 0 radical (unpaired) electrons. The van der Waals surface area contributed by atoms with Gasteiger partial charge < -0.3 is 9.47 Å². The second-order valence-electron chi connectivity index (χ2n) is 4.24. The number of allylic oxidation sites excluding steroid dienone is 2. The van der Waals surface area contributed by atoms with Gasteiger partial charge in [-0.15, -0.1) is 0 Å². The molecule has 2 nitrogen and oxygen atoms in total. The lowest BCUT2D eigenvalue weighted by Gasteiger charge is -1.96. The molecule has 1 aliphatic heterocycles. The number of hydrogen-bond acceptors (Lipinski definition) is 2. The van der Waals surface area contributed by atoms with Crippen LogP contribution in [-0.2, 0) is 0 Å². The molecule has 3 rings (SSSR count). The zero-order valence-corrected chi connectivity index (χ0v) is 10.5. The van der Waals surface area contributed by atoms with Crippen molar-refractivity contribution >= 4 is 12.2 Å². The Balaban J connectivity index is 1.68. The molecule has 0 unspecified atom stereocenters. The zero-order valence-electron chi connectivity index (χ0n) is 10.5. The smallest absolute Gasteiger partial charge is 0.231 e. The molecule has 0 N–H and O–H groups in total. The first kappa shape index (κ1) is 11.6. The molecule has 2 aromatic rings. The largest absolute Gasteiger partial charge is 0.454 e. The number of benzene rings is 2. The Morgan fingerprint density at radius 2 is 1.47 bits per heavy atom. The Morgan fingerprint density at radius 3 is 2.32 bits per heavy atom. The lowest BCUT2D eigenvalue weighted by molar-refractivity contribution is 0.174. The molecular formula is C17H14O2. The van der Waals surface area contributed by atoms with Crippen LogP contribution < -0.4 is 9.47 Å². The maximum Gasteiger partial charge on any atom is 0.231 e. The van der Waals surface area contributed by atoms with Gasteiger partial charge in [0.15, 0.2) is 11.5 Å². The first-order chi connectivity index (χ1) is 9.42. The highest BCUT2D eigenvalue weighted by atomic mass is 16.7. The molecule has 2 heteroatoms. The third-order valence-corrected chi connectivity index (χ3v) is 2.88. The van der Waals surface area contributed by atoms with Gasteiger partial charge >= 0.3 is 0 Å². The molecule has 1 heterocycles. The van der Waals surface area contributed by atoms with Gasteiger partial charge in [-0.2, -0.15) is 0 Å². The monoisotopic (exact) mass is 250 g/mol. The Bertz CT molecular complexity index is 612. The van der Waals surface area contributed by atoms with Crippen LogP contribution in [0.25, 0.3) is 12.2 Å². The van der Waals surface area contributed by atoms with E-state index in [1.165, 1.54) is 5.56 Å². The van der Waals surface area contributed by atoms with Gasteiger partial charge in [-0.1, -0.05) is 60.7 Å². The molecule has 0 saturated heterocycles. The average Bonchev–Trinajstić information content (AvgIpc) is 2.92. The van der Waals surface area contributed by atoms with Crippen LogP contribution in [0.15, 0.2) is 60.7 Å². The molecule has 0 aliphatic carbocycles. The van der Waals surface area contributed by atoms with E-state index in [1.807, 2.05) is 54.6 Å². The van der Waals surface area contributed by atoms with Crippen molar-refractivity contribution in [3.05, 3.63) is 71.8 Å². The van der Waals surface area contributed by atoms with Crippen molar-refractivity contribution in [2.45, 2.75) is 0 Å². The van der Waals surface area contributed by atoms with E-state index in [4.69, 9.17) is 9.47 Å². The maximum absolute atomic E-state index is 5.34. The summed E-state index contributed by atoms with van der Waals surface area (Å²) in [5, 5.41) is 0. The van der Waals surface area contributed by atoms with Gasteiger partial charge in [-0.3, -0.25) is 0 Å². The summed E-state index contributed by atoms with van der Waals surface area (Å²) in [6, 6.07) is 16.1. The van der Waals surface area contributed by atoms with Crippen molar-refractivity contribution < 1.29 is 9.47 Å². The summed E-state index contributed by atoms with van der Waals surface area (Å²) in [6.45, 7) is 0.316. The van der Waals surface area contributed by atoms with Gasteiger partial charge in [0.05, 0.1) is 0 Å². The highest BCUT2D eigenvalue weighted by Gasteiger charge is 2.11. The molecule has 0 spiro atoms. The molecular weight excluding hydrogens is 236 g/mol. The van der Waals surface area contributed by atoms with Crippen molar-refractivity contribution in [3.63, 3.8) is 0 Å². The highest BCUT2D eigenvalue weighted by Crippen LogP contribution is 2.32. The third kappa shape index (κ3) is 2.86. The molecule has 0 atom stereocenters. The van der Waals surface area contributed by atoms with Crippen LogP contribution in [0.2, 0.25) is 0 Å². The summed E-state index contributed by atoms with van der Waals surface area (Å²) in [4.78, 5) is 0. The Hall–Kier alpha value is -2.48.